The molecule has 1 aromatic rings. The van der Waals surface area contributed by atoms with Crippen LogP contribution in [0.5, 0.6) is 0 Å². The molecule has 2 rings (SSSR count). The Morgan fingerprint density at radius 2 is 2.17 bits per heavy atom. The van der Waals surface area contributed by atoms with Crippen molar-refractivity contribution in [2.24, 2.45) is 18.7 Å². The van der Waals surface area contributed by atoms with E-state index in [4.69, 9.17) is 5.73 Å². The van der Waals surface area contributed by atoms with E-state index in [1.165, 1.54) is 5.56 Å². The van der Waals surface area contributed by atoms with Crippen molar-refractivity contribution in [3.63, 3.8) is 0 Å². The molecule has 1 saturated heterocycles. The highest BCUT2D eigenvalue weighted by atomic mass is 35.5. The highest BCUT2D eigenvalue weighted by Gasteiger charge is 2.28. The Kier molecular flexibility index (Phi) is 7.70. The first kappa shape index (κ1) is 20.9. The Balaban J connectivity index is 0.00000288. The maximum Gasteiger partial charge on any atom is 0.224 e. The average Bonchev–Trinajstić information content (AvgIpc) is 2.86. The number of halogens is 1. The van der Waals surface area contributed by atoms with Crippen molar-refractivity contribution in [1.29, 1.82) is 0 Å². The summed E-state index contributed by atoms with van der Waals surface area (Å²) >= 11 is 0. The minimum absolute atomic E-state index is 0. The summed E-state index contributed by atoms with van der Waals surface area (Å²) in [4.78, 5) is 14.6. The number of aryl methyl sites for hydroxylation is 1. The summed E-state index contributed by atoms with van der Waals surface area (Å²) in [5.41, 5.74) is 7.91. The summed E-state index contributed by atoms with van der Waals surface area (Å²) in [6.07, 6.45) is 4.14. The minimum Gasteiger partial charge on any atom is -0.355 e. The van der Waals surface area contributed by atoms with Gasteiger partial charge in [0.25, 0.3) is 0 Å². The molecule has 1 unspecified atom stereocenters. The van der Waals surface area contributed by atoms with Crippen LogP contribution in [0.1, 0.15) is 44.9 Å². The Morgan fingerprint density at radius 1 is 1.46 bits per heavy atom. The summed E-state index contributed by atoms with van der Waals surface area (Å²) in [6, 6.07) is 0. The number of hydrogen-bond donors (Lipinski definition) is 2. The molecule has 1 amide bonds. The van der Waals surface area contributed by atoms with Gasteiger partial charge in [0.15, 0.2) is 0 Å². The van der Waals surface area contributed by atoms with Crippen LogP contribution in [-0.2, 0) is 23.8 Å². The van der Waals surface area contributed by atoms with Gasteiger partial charge in [0, 0.05) is 50.4 Å². The molecule has 1 aromatic heterocycles. The Hall–Kier alpha value is -1.11. The van der Waals surface area contributed by atoms with Gasteiger partial charge in [-0.3, -0.25) is 14.4 Å². The highest BCUT2D eigenvalue weighted by molar-refractivity contribution is 5.85. The largest absolute Gasteiger partial charge is 0.355 e. The third kappa shape index (κ3) is 5.46. The van der Waals surface area contributed by atoms with Crippen LogP contribution in [0.15, 0.2) is 6.20 Å². The third-order valence-corrected chi connectivity index (χ3v) is 4.33. The summed E-state index contributed by atoms with van der Waals surface area (Å²) in [7, 11) is 1.97. The van der Waals surface area contributed by atoms with Gasteiger partial charge >= 0.3 is 0 Å². The van der Waals surface area contributed by atoms with E-state index in [0.717, 1.165) is 38.2 Å². The fourth-order valence-electron chi connectivity index (χ4n) is 3.28. The molecular formula is C17H32ClN5O. The van der Waals surface area contributed by atoms with Gasteiger partial charge < -0.3 is 11.1 Å². The number of likely N-dealkylation sites (tertiary alicyclic amines) is 1. The maximum atomic E-state index is 12.2. The second-order valence-electron chi connectivity index (χ2n) is 7.58. The van der Waals surface area contributed by atoms with E-state index >= 15 is 0 Å². The van der Waals surface area contributed by atoms with Gasteiger partial charge in [-0.15, -0.1) is 12.4 Å². The van der Waals surface area contributed by atoms with Gasteiger partial charge in [-0.05, 0) is 19.4 Å². The molecule has 1 aliphatic heterocycles. The van der Waals surface area contributed by atoms with Crippen molar-refractivity contribution in [2.75, 3.05) is 26.2 Å². The Bertz CT molecular complexity index is 538. The quantitative estimate of drug-likeness (QED) is 0.835. The first-order chi connectivity index (χ1) is 10.8. The first-order valence-corrected chi connectivity index (χ1v) is 8.54. The molecule has 0 radical (unpaired) electrons. The van der Waals surface area contributed by atoms with E-state index in [9.17, 15) is 4.79 Å². The number of nitrogens with one attached hydrogen (secondary N) is 1. The van der Waals surface area contributed by atoms with E-state index in [2.05, 4.69) is 42.3 Å². The standard InChI is InChI=1S/C17H31N5O.ClH/c1-17(2,3)15-14(10-21(4)20-15)12-22-9-5-6-13(11-22)16(23)19-8-7-18;/h10,13H,5-9,11-12,18H2,1-4H3,(H,19,23);1H. The normalized spacial score (nSPS) is 19.0. The van der Waals surface area contributed by atoms with Crippen LogP contribution in [0, 0.1) is 5.92 Å². The molecule has 24 heavy (non-hydrogen) atoms. The van der Waals surface area contributed by atoms with Crippen LogP contribution < -0.4 is 11.1 Å². The minimum atomic E-state index is 0. The number of carbonyl (C=O) groups excluding carboxylic acids is 1. The summed E-state index contributed by atoms with van der Waals surface area (Å²) in [6.45, 7) is 10.3. The predicted molar refractivity (Wildman–Crippen MR) is 99.2 cm³/mol. The van der Waals surface area contributed by atoms with Crippen LogP contribution in [-0.4, -0.2) is 46.8 Å². The van der Waals surface area contributed by atoms with E-state index in [1.807, 2.05) is 11.7 Å². The SMILES string of the molecule is Cl.Cn1cc(CN2CCCC(C(=O)NCCN)C2)c(C(C)(C)C)n1. The Morgan fingerprint density at radius 3 is 2.79 bits per heavy atom. The van der Waals surface area contributed by atoms with Gasteiger partial charge in [0.1, 0.15) is 0 Å². The van der Waals surface area contributed by atoms with Crippen molar-refractivity contribution in [3.05, 3.63) is 17.5 Å². The molecule has 0 saturated carbocycles. The van der Waals surface area contributed by atoms with E-state index in [0.29, 0.717) is 13.1 Å². The molecule has 0 aliphatic carbocycles. The molecular weight excluding hydrogens is 326 g/mol. The molecule has 6 nitrogen and oxygen atoms in total. The topological polar surface area (TPSA) is 76.2 Å². The zero-order valence-electron chi connectivity index (χ0n) is 15.3. The number of piperidine rings is 1. The number of nitrogens with two attached hydrogens (primary N) is 1. The van der Waals surface area contributed by atoms with Crippen molar-refractivity contribution >= 4 is 18.3 Å². The Labute approximate surface area is 151 Å². The summed E-state index contributed by atoms with van der Waals surface area (Å²) in [5, 5.41) is 7.56. The monoisotopic (exact) mass is 357 g/mol. The molecule has 138 valence electrons. The smallest absolute Gasteiger partial charge is 0.224 e. The zero-order chi connectivity index (χ0) is 17.0. The van der Waals surface area contributed by atoms with E-state index < -0.39 is 0 Å². The highest BCUT2D eigenvalue weighted by Crippen LogP contribution is 2.26. The van der Waals surface area contributed by atoms with Crippen LogP contribution >= 0.6 is 12.4 Å². The van der Waals surface area contributed by atoms with E-state index in [-0.39, 0.29) is 29.6 Å². The fraction of sp³-hybridized carbons (Fsp3) is 0.765. The number of aromatic nitrogens is 2. The summed E-state index contributed by atoms with van der Waals surface area (Å²) in [5.74, 6) is 0.215. The maximum absolute atomic E-state index is 12.2. The second kappa shape index (κ2) is 8.83. The van der Waals surface area contributed by atoms with Crippen LogP contribution in [0.3, 0.4) is 0 Å². The summed E-state index contributed by atoms with van der Waals surface area (Å²) < 4.78 is 1.89. The molecule has 0 bridgehead atoms. The van der Waals surface area contributed by atoms with Crippen molar-refractivity contribution in [1.82, 2.24) is 20.0 Å². The van der Waals surface area contributed by atoms with Gasteiger partial charge in [-0.1, -0.05) is 20.8 Å². The van der Waals surface area contributed by atoms with Crippen LogP contribution in [0.2, 0.25) is 0 Å². The van der Waals surface area contributed by atoms with Crippen molar-refractivity contribution < 1.29 is 4.79 Å². The van der Waals surface area contributed by atoms with Crippen molar-refractivity contribution in [3.8, 4) is 0 Å². The van der Waals surface area contributed by atoms with Crippen LogP contribution in [0.25, 0.3) is 0 Å². The molecule has 1 aliphatic rings. The van der Waals surface area contributed by atoms with Gasteiger partial charge in [0.2, 0.25) is 5.91 Å². The lowest BCUT2D eigenvalue weighted by atomic mass is 9.89. The van der Waals surface area contributed by atoms with Crippen LogP contribution in [0.4, 0.5) is 0 Å². The lowest BCUT2D eigenvalue weighted by Gasteiger charge is -2.32. The number of amides is 1. The van der Waals surface area contributed by atoms with Gasteiger partial charge in [-0.25, -0.2) is 0 Å². The zero-order valence-corrected chi connectivity index (χ0v) is 16.2. The average molecular weight is 358 g/mol. The van der Waals surface area contributed by atoms with Crippen molar-refractivity contribution in [2.45, 2.75) is 45.6 Å². The van der Waals surface area contributed by atoms with E-state index in [1.54, 1.807) is 0 Å². The number of hydrogen-bond acceptors (Lipinski definition) is 4. The number of rotatable bonds is 5. The molecule has 1 atom stereocenters. The molecule has 3 N–H and O–H groups in total. The molecule has 0 spiro atoms. The lowest BCUT2D eigenvalue weighted by Crippen LogP contribution is -2.43. The molecule has 7 heteroatoms. The molecule has 0 aromatic carbocycles. The first-order valence-electron chi connectivity index (χ1n) is 8.54. The van der Waals surface area contributed by atoms with Gasteiger partial charge in [-0.2, -0.15) is 5.10 Å². The second-order valence-corrected chi connectivity index (χ2v) is 7.58. The molecule has 1 fully saturated rings. The number of nitrogens with zero attached hydrogens (tertiary/aromatic N) is 3. The number of carbonyl (C=O) groups is 1. The molecule has 2 heterocycles. The predicted octanol–water partition coefficient (Wildman–Crippen LogP) is 1.43. The lowest BCUT2D eigenvalue weighted by molar-refractivity contribution is -0.126. The van der Waals surface area contributed by atoms with Gasteiger partial charge in [0.05, 0.1) is 11.6 Å². The fourth-order valence-corrected chi connectivity index (χ4v) is 3.28. The third-order valence-electron chi connectivity index (χ3n) is 4.33.